The van der Waals surface area contributed by atoms with Crippen molar-refractivity contribution in [3.63, 3.8) is 0 Å². The molecule has 1 saturated heterocycles. The van der Waals surface area contributed by atoms with E-state index in [0.717, 1.165) is 25.8 Å². The molecule has 1 aromatic carbocycles. The van der Waals surface area contributed by atoms with Gasteiger partial charge >= 0.3 is 6.03 Å². The highest BCUT2D eigenvalue weighted by atomic mass is 19.1. The van der Waals surface area contributed by atoms with E-state index in [0.29, 0.717) is 25.5 Å². The van der Waals surface area contributed by atoms with Gasteiger partial charge < -0.3 is 9.64 Å². The van der Waals surface area contributed by atoms with Crippen molar-refractivity contribution in [1.82, 2.24) is 14.7 Å². The number of nitrogens with zero attached hydrogens (tertiary/aromatic N) is 3. The first-order chi connectivity index (χ1) is 12.7. The molecule has 2 aromatic rings. The zero-order valence-corrected chi connectivity index (χ0v) is 15.0. The van der Waals surface area contributed by atoms with Gasteiger partial charge in [-0.3, -0.25) is 5.32 Å². The summed E-state index contributed by atoms with van der Waals surface area (Å²) in [6.45, 7) is 4.55. The van der Waals surface area contributed by atoms with Gasteiger partial charge in [-0.15, -0.1) is 0 Å². The molecule has 140 valence electrons. The number of likely N-dealkylation sites (tertiary alicyclic amines) is 1. The fourth-order valence-electron chi connectivity index (χ4n) is 3.17. The lowest BCUT2D eigenvalue weighted by molar-refractivity contribution is 0.143. The number of carbonyl (C=O) groups is 1. The number of hydrogen-bond acceptors (Lipinski definition) is 3. The van der Waals surface area contributed by atoms with E-state index < -0.39 is 0 Å². The van der Waals surface area contributed by atoms with Crippen LogP contribution in [0.25, 0.3) is 0 Å². The maximum atomic E-state index is 13.7. The van der Waals surface area contributed by atoms with Gasteiger partial charge in [0.25, 0.3) is 0 Å². The summed E-state index contributed by atoms with van der Waals surface area (Å²) in [4.78, 5) is 14.4. The van der Waals surface area contributed by atoms with Crippen molar-refractivity contribution in [2.45, 2.75) is 32.7 Å². The normalized spacial score (nSPS) is 17.2. The molecule has 1 aromatic heterocycles. The SMILES string of the molecule is CCCn1nccc1NC(=O)N1CCCC(COc2ccccc2F)C1. The quantitative estimate of drug-likeness (QED) is 0.853. The van der Waals surface area contributed by atoms with Crippen LogP contribution in [0.15, 0.2) is 36.5 Å². The third kappa shape index (κ3) is 4.53. The van der Waals surface area contributed by atoms with Crippen LogP contribution in [0.3, 0.4) is 0 Å². The minimum absolute atomic E-state index is 0.126. The van der Waals surface area contributed by atoms with E-state index in [2.05, 4.69) is 17.3 Å². The van der Waals surface area contributed by atoms with Gasteiger partial charge in [-0.05, 0) is 31.4 Å². The maximum Gasteiger partial charge on any atom is 0.323 e. The predicted octanol–water partition coefficient (Wildman–Crippen LogP) is 3.76. The molecule has 1 fully saturated rings. The Kier molecular flexibility index (Phi) is 6.09. The zero-order chi connectivity index (χ0) is 18.4. The Labute approximate surface area is 152 Å². The summed E-state index contributed by atoms with van der Waals surface area (Å²) in [6.07, 6.45) is 4.51. The number of ether oxygens (including phenoxy) is 1. The summed E-state index contributed by atoms with van der Waals surface area (Å²) in [5.41, 5.74) is 0. The highest BCUT2D eigenvalue weighted by Crippen LogP contribution is 2.21. The molecule has 0 saturated carbocycles. The van der Waals surface area contributed by atoms with Crippen LogP contribution in [0.1, 0.15) is 26.2 Å². The first-order valence-corrected chi connectivity index (χ1v) is 9.12. The Morgan fingerprint density at radius 3 is 3.04 bits per heavy atom. The summed E-state index contributed by atoms with van der Waals surface area (Å²) >= 11 is 0. The highest BCUT2D eigenvalue weighted by molar-refractivity contribution is 5.88. The molecule has 1 atom stereocenters. The lowest BCUT2D eigenvalue weighted by Crippen LogP contribution is -2.44. The van der Waals surface area contributed by atoms with E-state index >= 15 is 0 Å². The molecule has 1 unspecified atom stereocenters. The first-order valence-electron chi connectivity index (χ1n) is 9.12. The van der Waals surface area contributed by atoms with Crippen LogP contribution >= 0.6 is 0 Å². The first kappa shape index (κ1) is 18.2. The lowest BCUT2D eigenvalue weighted by atomic mass is 9.99. The van der Waals surface area contributed by atoms with Gasteiger partial charge in [0.15, 0.2) is 11.6 Å². The predicted molar refractivity (Wildman–Crippen MR) is 97.7 cm³/mol. The van der Waals surface area contributed by atoms with E-state index in [1.807, 2.05) is 0 Å². The second-order valence-electron chi connectivity index (χ2n) is 6.57. The van der Waals surface area contributed by atoms with Gasteiger partial charge in [0.05, 0.1) is 12.8 Å². The molecule has 0 radical (unpaired) electrons. The van der Waals surface area contributed by atoms with Crippen molar-refractivity contribution in [3.8, 4) is 5.75 Å². The maximum absolute atomic E-state index is 13.7. The standard InChI is InChI=1S/C19H25FN4O2/c1-2-11-24-18(9-10-21-24)22-19(25)23-12-5-6-15(13-23)14-26-17-8-4-3-7-16(17)20/h3-4,7-10,15H,2,5-6,11-14H2,1H3,(H,22,25). The smallest absolute Gasteiger partial charge is 0.323 e. The largest absolute Gasteiger partial charge is 0.490 e. The number of carbonyl (C=O) groups excluding carboxylic acids is 1. The summed E-state index contributed by atoms with van der Waals surface area (Å²) in [6, 6.07) is 8.07. The number of piperidine rings is 1. The minimum Gasteiger partial charge on any atom is -0.490 e. The van der Waals surface area contributed by atoms with Crippen LogP contribution in [0.4, 0.5) is 15.0 Å². The molecule has 26 heavy (non-hydrogen) atoms. The third-order valence-corrected chi connectivity index (χ3v) is 4.50. The molecular weight excluding hydrogens is 335 g/mol. The average molecular weight is 360 g/mol. The van der Waals surface area contributed by atoms with E-state index in [-0.39, 0.29) is 23.5 Å². The Balaban J connectivity index is 1.53. The fourth-order valence-corrected chi connectivity index (χ4v) is 3.17. The van der Waals surface area contributed by atoms with Crippen molar-refractivity contribution in [2.75, 3.05) is 25.0 Å². The van der Waals surface area contributed by atoms with Crippen LogP contribution in [0, 0.1) is 11.7 Å². The number of benzene rings is 1. The third-order valence-electron chi connectivity index (χ3n) is 4.50. The molecule has 7 heteroatoms. The molecule has 6 nitrogen and oxygen atoms in total. The Morgan fingerprint density at radius 2 is 2.23 bits per heavy atom. The van der Waals surface area contributed by atoms with Gasteiger partial charge in [0, 0.05) is 31.6 Å². The number of aryl methyl sites for hydroxylation is 1. The van der Waals surface area contributed by atoms with E-state index in [1.165, 1.54) is 6.07 Å². The average Bonchev–Trinajstić information content (AvgIpc) is 3.08. The van der Waals surface area contributed by atoms with E-state index in [1.54, 1.807) is 40.0 Å². The van der Waals surface area contributed by atoms with E-state index in [4.69, 9.17) is 4.74 Å². The zero-order valence-electron chi connectivity index (χ0n) is 15.0. The molecule has 2 amide bonds. The lowest BCUT2D eigenvalue weighted by Gasteiger charge is -2.32. The molecule has 0 spiro atoms. The van der Waals surface area contributed by atoms with Crippen LogP contribution in [0.2, 0.25) is 0 Å². The summed E-state index contributed by atoms with van der Waals surface area (Å²) in [5, 5.41) is 7.15. The van der Waals surface area contributed by atoms with Gasteiger partial charge in [-0.25, -0.2) is 13.9 Å². The van der Waals surface area contributed by atoms with Gasteiger partial charge in [-0.1, -0.05) is 19.1 Å². The molecule has 1 N–H and O–H groups in total. The second-order valence-corrected chi connectivity index (χ2v) is 6.57. The number of nitrogens with one attached hydrogen (secondary N) is 1. The topological polar surface area (TPSA) is 59.4 Å². The molecule has 1 aliphatic rings. The number of para-hydroxylation sites is 1. The number of aromatic nitrogens is 2. The summed E-state index contributed by atoms with van der Waals surface area (Å²) in [7, 11) is 0. The fraction of sp³-hybridized carbons (Fsp3) is 0.474. The number of anilines is 1. The van der Waals surface area contributed by atoms with Crippen molar-refractivity contribution >= 4 is 11.8 Å². The van der Waals surface area contributed by atoms with Gasteiger partial charge in [0.2, 0.25) is 0 Å². The second kappa shape index (κ2) is 8.69. The van der Waals surface area contributed by atoms with Crippen molar-refractivity contribution < 1.29 is 13.9 Å². The molecule has 2 heterocycles. The highest BCUT2D eigenvalue weighted by Gasteiger charge is 2.25. The minimum atomic E-state index is -0.359. The van der Waals surface area contributed by atoms with Crippen LogP contribution in [-0.2, 0) is 6.54 Å². The van der Waals surface area contributed by atoms with Crippen molar-refractivity contribution in [3.05, 3.63) is 42.3 Å². The summed E-state index contributed by atoms with van der Waals surface area (Å²) in [5.74, 6) is 0.802. The Hall–Kier alpha value is -2.57. The van der Waals surface area contributed by atoms with Gasteiger partial charge in [0.1, 0.15) is 5.82 Å². The number of hydrogen-bond donors (Lipinski definition) is 1. The Bertz CT molecular complexity index is 734. The van der Waals surface area contributed by atoms with E-state index in [9.17, 15) is 9.18 Å². The number of rotatable bonds is 6. The number of urea groups is 1. The number of halogens is 1. The van der Waals surface area contributed by atoms with Gasteiger partial charge in [-0.2, -0.15) is 5.10 Å². The van der Waals surface area contributed by atoms with Crippen LogP contribution in [0.5, 0.6) is 5.75 Å². The monoisotopic (exact) mass is 360 g/mol. The molecule has 1 aliphatic heterocycles. The molecule has 0 aliphatic carbocycles. The Morgan fingerprint density at radius 1 is 1.38 bits per heavy atom. The molecular formula is C19H25FN4O2. The van der Waals surface area contributed by atoms with Crippen LogP contribution < -0.4 is 10.1 Å². The van der Waals surface area contributed by atoms with Crippen molar-refractivity contribution in [1.29, 1.82) is 0 Å². The summed E-state index contributed by atoms with van der Waals surface area (Å²) < 4.78 is 21.1. The molecule has 0 bridgehead atoms. The number of amides is 2. The van der Waals surface area contributed by atoms with Crippen molar-refractivity contribution in [2.24, 2.45) is 5.92 Å². The molecule has 3 rings (SSSR count). The van der Waals surface area contributed by atoms with Crippen LogP contribution in [-0.4, -0.2) is 40.4 Å².